The fraction of sp³-hybridized carbons (Fsp3) is 0.286. The Bertz CT molecular complexity index is 933. The normalized spacial score (nSPS) is 15.3. The van der Waals surface area contributed by atoms with Gasteiger partial charge < -0.3 is 14.3 Å². The molecule has 1 aliphatic rings. The van der Waals surface area contributed by atoms with Crippen LogP contribution in [0.15, 0.2) is 45.7 Å². The van der Waals surface area contributed by atoms with E-state index < -0.39 is 5.97 Å². The smallest absolute Gasteiger partial charge is 0.303 e. The Morgan fingerprint density at radius 3 is 2.66 bits per heavy atom. The van der Waals surface area contributed by atoms with Crippen LogP contribution >= 0.6 is 24.0 Å². The van der Waals surface area contributed by atoms with Crippen LogP contribution in [0.1, 0.15) is 31.4 Å². The van der Waals surface area contributed by atoms with E-state index in [1.807, 2.05) is 36.4 Å². The summed E-state index contributed by atoms with van der Waals surface area (Å²) in [5.74, 6) is 1.12. The second-order valence-electron chi connectivity index (χ2n) is 6.47. The van der Waals surface area contributed by atoms with Crippen LogP contribution in [0.25, 0.3) is 17.4 Å². The molecule has 1 aromatic heterocycles. The number of rotatable bonds is 9. The summed E-state index contributed by atoms with van der Waals surface area (Å²) in [6, 6.07) is 11.2. The minimum atomic E-state index is -0.800. The van der Waals surface area contributed by atoms with Crippen LogP contribution in [-0.2, 0) is 9.59 Å². The van der Waals surface area contributed by atoms with Gasteiger partial charge in [-0.25, -0.2) is 0 Å². The number of amides is 1. The van der Waals surface area contributed by atoms with Gasteiger partial charge in [0.05, 0.1) is 12.0 Å². The van der Waals surface area contributed by atoms with Gasteiger partial charge in [-0.05, 0) is 49.2 Å². The van der Waals surface area contributed by atoms with Crippen molar-refractivity contribution in [2.45, 2.75) is 25.7 Å². The molecule has 29 heavy (non-hydrogen) atoms. The first kappa shape index (κ1) is 21.1. The summed E-state index contributed by atoms with van der Waals surface area (Å²) in [5, 5.41) is 8.67. The molecule has 2 aromatic rings. The van der Waals surface area contributed by atoms with Crippen molar-refractivity contribution in [2.24, 2.45) is 0 Å². The molecule has 1 saturated heterocycles. The molecule has 1 aromatic carbocycles. The summed E-state index contributed by atoms with van der Waals surface area (Å²) in [4.78, 5) is 25.3. The standard InChI is InChI=1S/C21H21NO5S2/c1-26-15-8-6-14(7-9-15)17-11-10-16(27-17)13-18-20(25)22(21(28)29-18)12-4-2-3-5-19(23)24/h6-11,13H,2-5,12H2,1H3,(H,23,24). The zero-order chi connectivity index (χ0) is 20.8. The number of carboxylic acids is 1. The van der Waals surface area contributed by atoms with Gasteiger partial charge in [0.15, 0.2) is 0 Å². The zero-order valence-corrected chi connectivity index (χ0v) is 17.6. The quantitative estimate of drug-likeness (QED) is 0.347. The molecule has 1 N–H and O–H groups in total. The number of nitrogens with zero attached hydrogens (tertiary/aromatic N) is 1. The van der Waals surface area contributed by atoms with Gasteiger partial charge in [0.1, 0.15) is 21.6 Å². The third-order valence-electron chi connectivity index (χ3n) is 4.42. The average molecular weight is 432 g/mol. The molecule has 0 bridgehead atoms. The van der Waals surface area contributed by atoms with E-state index in [0.717, 1.165) is 24.2 Å². The number of aliphatic carboxylic acids is 1. The van der Waals surface area contributed by atoms with Gasteiger partial charge in [-0.3, -0.25) is 14.5 Å². The van der Waals surface area contributed by atoms with Gasteiger partial charge in [0.2, 0.25) is 0 Å². The minimum Gasteiger partial charge on any atom is -0.497 e. The number of unbranched alkanes of at least 4 members (excludes halogenated alkanes) is 2. The summed E-state index contributed by atoms with van der Waals surface area (Å²) >= 11 is 6.58. The number of ether oxygens (including phenoxy) is 1. The van der Waals surface area contributed by atoms with Crippen molar-refractivity contribution < 1.29 is 23.8 Å². The van der Waals surface area contributed by atoms with E-state index in [1.54, 1.807) is 18.1 Å². The van der Waals surface area contributed by atoms with E-state index in [2.05, 4.69) is 0 Å². The first-order valence-electron chi connectivity index (χ1n) is 9.19. The number of thioether (sulfide) groups is 1. The van der Waals surface area contributed by atoms with Gasteiger partial charge in [-0.2, -0.15) is 0 Å². The molecule has 2 heterocycles. The van der Waals surface area contributed by atoms with Crippen LogP contribution in [0, 0.1) is 0 Å². The summed E-state index contributed by atoms with van der Waals surface area (Å²) in [5.41, 5.74) is 0.916. The fourth-order valence-electron chi connectivity index (χ4n) is 2.89. The second kappa shape index (κ2) is 9.76. The molecule has 0 atom stereocenters. The molecule has 0 aliphatic carbocycles. The molecule has 0 unspecified atom stereocenters. The Morgan fingerprint density at radius 2 is 1.97 bits per heavy atom. The van der Waals surface area contributed by atoms with Crippen molar-refractivity contribution >= 4 is 46.3 Å². The molecule has 0 spiro atoms. The number of carboxylic acid groups (broad SMARTS) is 1. The Balaban J connectivity index is 1.62. The van der Waals surface area contributed by atoms with Crippen LogP contribution in [0.3, 0.4) is 0 Å². The molecule has 8 heteroatoms. The lowest BCUT2D eigenvalue weighted by Gasteiger charge is -2.13. The third-order valence-corrected chi connectivity index (χ3v) is 5.80. The highest BCUT2D eigenvalue weighted by atomic mass is 32.2. The van der Waals surface area contributed by atoms with Crippen molar-refractivity contribution in [3.8, 4) is 17.1 Å². The molecule has 1 fully saturated rings. The summed E-state index contributed by atoms with van der Waals surface area (Å²) in [7, 11) is 1.62. The first-order chi connectivity index (χ1) is 14.0. The van der Waals surface area contributed by atoms with Crippen molar-refractivity contribution in [3.63, 3.8) is 0 Å². The van der Waals surface area contributed by atoms with Crippen LogP contribution < -0.4 is 4.74 Å². The van der Waals surface area contributed by atoms with Gasteiger partial charge in [0, 0.05) is 24.6 Å². The minimum absolute atomic E-state index is 0.138. The molecular weight excluding hydrogens is 410 g/mol. The number of thiocarbonyl (C=S) groups is 1. The van der Waals surface area contributed by atoms with Crippen LogP contribution in [0.5, 0.6) is 5.75 Å². The number of carbonyl (C=O) groups is 2. The third kappa shape index (κ3) is 5.48. The topological polar surface area (TPSA) is 80.0 Å². The van der Waals surface area contributed by atoms with Crippen molar-refractivity contribution in [3.05, 3.63) is 47.1 Å². The Morgan fingerprint density at radius 1 is 1.21 bits per heavy atom. The van der Waals surface area contributed by atoms with E-state index in [9.17, 15) is 9.59 Å². The highest BCUT2D eigenvalue weighted by Crippen LogP contribution is 2.34. The number of hydrogen-bond donors (Lipinski definition) is 1. The molecule has 1 aliphatic heterocycles. The second-order valence-corrected chi connectivity index (χ2v) is 8.14. The highest BCUT2D eigenvalue weighted by Gasteiger charge is 2.31. The number of furan rings is 1. The first-order valence-corrected chi connectivity index (χ1v) is 10.4. The SMILES string of the molecule is COc1ccc(-c2ccc(C=C3SC(=S)N(CCCCCC(=O)O)C3=O)o2)cc1. The van der Waals surface area contributed by atoms with E-state index in [0.29, 0.717) is 33.7 Å². The number of carbonyl (C=O) groups excluding carboxylic acids is 1. The Kier molecular flexibility index (Phi) is 7.11. The molecule has 0 saturated carbocycles. The largest absolute Gasteiger partial charge is 0.497 e. The molecule has 0 radical (unpaired) electrons. The summed E-state index contributed by atoms with van der Waals surface area (Å²) in [6.45, 7) is 0.497. The number of methoxy groups -OCH3 is 1. The van der Waals surface area contributed by atoms with Crippen LogP contribution in [0.4, 0.5) is 0 Å². The lowest BCUT2D eigenvalue weighted by Crippen LogP contribution is -2.29. The van der Waals surface area contributed by atoms with Gasteiger partial charge in [0.25, 0.3) is 5.91 Å². The molecule has 1 amide bonds. The summed E-state index contributed by atoms with van der Waals surface area (Å²) < 4.78 is 11.5. The maximum absolute atomic E-state index is 12.6. The monoisotopic (exact) mass is 431 g/mol. The molecule has 3 rings (SSSR count). The predicted octanol–water partition coefficient (Wildman–Crippen LogP) is 4.80. The maximum atomic E-state index is 12.6. The van der Waals surface area contributed by atoms with E-state index in [1.165, 1.54) is 11.8 Å². The van der Waals surface area contributed by atoms with Crippen molar-refractivity contribution in [1.29, 1.82) is 0 Å². The van der Waals surface area contributed by atoms with Gasteiger partial charge >= 0.3 is 5.97 Å². The molecule has 152 valence electrons. The number of hydrogen-bond acceptors (Lipinski definition) is 6. The van der Waals surface area contributed by atoms with Crippen molar-refractivity contribution in [1.82, 2.24) is 4.90 Å². The van der Waals surface area contributed by atoms with Crippen molar-refractivity contribution in [2.75, 3.05) is 13.7 Å². The Hall–Kier alpha value is -2.58. The lowest BCUT2D eigenvalue weighted by atomic mass is 10.2. The Labute approximate surface area is 178 Å². The predicted molar refractivity (Wildman–Crippen MR) is 117 cm³/mol. The molecule has 6 nitrogen and oxygen atoms in total. The van der Waals surface area contributed by atoms with Crippen LogP contribution in [-0.4, -0.2) is 39.9 Å². The van der Waals surface area contributed by atoms with E-state index in [4.69, 9.17) is 26.5 Å². The average Bonchev–Trinajstić information content (AvgIpc) is 3.27. The van der Waals surface area contributed by atoms with Gasteiger partial charge in [-0.15, -0.1) is 0 Å². The van der Waals surface area contributed by atoms with E-state index >= 15 is 0 Å². The fourth-order valence-corrected chi connectivity index (χ4v) is 4.17. The lowest BCUT2D eigenvalue weighted by molar-refractivity contribution is -0.137. The maximum Gasteiger partial charge on any atom is 0.303 e. The number of benzene rings is 1. The van der Waals surface area contributed by atoms with E-state index in [-0.39, 0.29) is 12.3 Å². The van der Waals surface area contributed by atoms with Gasteiger partial charge in [-0.1, -0.05) is 30.4 Å². The summed E-state index contributed by atoms with van der Waals surface area (Å²) in [6.07, 6.45) is 3.91. The molecular formula is C21H21NO5S2. The van der Waals surface area contributed by atoms with Crippen LogP contribution in [0.2, 0.25) is 0 Å². The highest BCUT2D eigenvalue weighted by molar-refractivity contribution is 8.26. The zero-order valence-electron chi connectivity index (χ0n) is 15.9.